The van der Waals surface area contributed by atoms with E-state index in [2.05, 4.69) is 26.8 Å². The molecule has 5 heteroatoms. The second-order valence-corrected chi connectivity index (χ2v) is 4.69. The average Bonchev–Trinajstić information content (AvgIpc) is 2.65. The molecule has 88 valence electrons. The van der Waals surface area contributed by atoms with Crippen molar-refractivity contribution >= 4 is 17.4 Å². The Morgan fingerprint density at radius 3 is 2.88 bits per heavy atom. The molecule has 1 aliphatic rings. The first-order valence-electron chi connectivity index (χ1n) is 5.56. The topological polar surface area (TPSA) is 32.3 Å². The second-order valence-electron chi connectivity index (χ2n) is 4.33. The molecule has 0 radical (unpaired) electrons. The summed E-state index contributed by atoms with van der Waals surface area (Å²) < 4.78 is 0. The minimum Gasteiger partial charge on any atom is -0.356 e. The fraction of sp³-hybridized carbons (Fsp3) is 0.636. The monoisotopic (exact) mass is 240 g/mol. The van der Waals surface area contributed by atoms with Crippen LogP contribution in [0.15, 0.2) is 12.4 Å². The van der Waals surface area contributed by atoms with Gasteiger partial charge < -0.3 is 9.80 Å². The van der Waals surface area contributed by atoms with Gasteiger partial charge in [-0.15, -0.1) is 0 Å². The Hall–Kier alpha value is -0.870. The molecular weight excluding hydrogens is 224 g/mol. The lowest BCUT2D eigenvalue weighted by Gasteiger charge is -2.26. The summed E-state index contributed by atoms with van der Waals surface area (Å²) in [6, 6.07) is 0.600. The molecule has 0 amide bonds. The van der Waals surface area contributed by atoms with Gasteiger partial charge in [-0.3, -0.25) is 0 Å². The third kappa shape index (κ3) is 2.44. The van der Waals surface area contributed by atoms with Crippen LogP contribution in [0.1, 0.15) is 12.8 Å². The van der Waals surface area contributed by atoms with Crippen molar-refractivity contribution in [1.82, 2.24) is 14.9 Å². The highest BCUT2D eigenvalue weighted by Crippen LogP contribution is 2.21. The Labute approximate surface area is 101 Å². The highest BCUT2D eigenvalue weighted by molar-refractivity contribution is 6.31. The van der Waals surface area contributed by atoms with E-state index in [-0.39, 0.29) is 0 Å². The van der Waals surface area contributed by atoms with Gasteiger partial charge in [-0.2, -0.15) is 0 Å². The Balaban J connectivity index is 2.03. The first-order valence-corrected chi connectivity index (χ1v) is 5.94. The van der Waals surface area contributed by atoms with Gasteiger partial charge in [-0.1, -0.05) is 11.6 Å². The number of likely N-dealkylation sites (N-methyl/N-ethyl adjacent to an activating group) is 2. The van der Waals surface area contributed by atoms with E-state index in [0.29, 0.717) is 11.2 Å². The lowest BCUT2D eigenvalue weighted by Crippen LogP contribution is -2.37. The van der Waals surface area contributed by atoms with Crippen LogP contribution < -0.4 is 4.90 Å². The Kier molecular flexibility index (Phi) is 3.61. The van der Waals surface area contributed by atoms with E-state index in [1.807, 2.05) is 7.05 Å². The van der Waals surface area contributed by atoms with Crippen LogP contribution in [0, 0.1) is 0 Å². The minimum absolute atomic E-state index is 0.477. The number of rotatable bonds is 3. The van der Waals surface area contributed by atoms with E-state index >= 15 is 0 Å². The lowest BCUT2D eigenvalue weighted by atomic mass is 10.2. The molecule has 2 rings (SSSR count). The molecule has 1 unspecified atom stereocenters. The molecule has 1 saturated heterocycles. The number of nitrogens with zero attached hydrogens (tertiary/aromatic N) is 4. The Bertz CT molecular complexity index is 358. The quantitative estimate of drug-likeness (QED) is 0.805. The van der Waals surface area contributed by atoms with Crippen molar-refractivity contribution in [3.63, 3.8) is 0 Å². The molecule has 0 aromatic carbocycles. The summed E-state index contributed by atoms with van der Waals surface area (Å²) in [6.45, 7) is 2.14. The van der Waals surface area contributed by atoms with E-state index in [1.54, 1.807) is 12.4 Å². The van der Waals surface area contributed by atoms with Gasteiger partial charge >= 0.3 is 0 Å². The summed E-state index contributed by atoms with van der Waals surface area (Å²) in [5.41, 5.74) is 0. The summed E-state index contributed by atoms with van der Waals surface area (Å²) in [4.78, 5) is 12.8. The van der Waals surface area contributed by atoms with Crippen LogP contribution >= 0.6 is 11.6 Å². The highest BCUT2D eigenvalue weighted by Gasteiger charge is 2.23. The van der Waals surface area contributed by atoms with E-state index in [0.717, 1.165) is 12.4 Å². The van der Waals surface area contributed by atoms with E-state index in [1.165, 1.54) is 19.4 Å². The molecule has 16 heavy (non-hydrogen) atoms. The number of anilines is 1. The predicted molar refractivity (Wildman–Crippen MR) is 66.0 cm³/mol. The average molecular weight is 241 g/mol. The van der Waals surface area contributed by atoms with Crippen LogP contribution in [-0.2, 0) is 0 Å². The third-order valence-corrected chi connectivity index (χ3v) is 3.42. The van der Waals surface area contributed by atoms with Crippen LogP contribution in [-0.4, -0.2) is 48.1 Å². The first-order chi connectivity index (χ1) is 7.68. The van der Waals surface area contributed by atoms with Gasteiger partial charge in [0.05, 0.1) is 0 Å². The Morgan fingerprint density at radius 1 is 1.50 bits per heavy atom. The van der Waals surface area contributed by atoms with Crippen molar-refractivity contribution in [2.24, 2.45) is 0 Å². The molecule has 1 aromatic rings. The summed E-state index contributed by atoms with van der Waals surface area (Å²) in [7, 11) is 4.19. The summed E-state index contributed by atoms with van der Waals surface area (Å²) in [5.74, 6) is 0.768. The fourth-order valence-electron chi connectivity index (χ4n) is 2.18. The van der Waals surface area contributed by atoms with Crippen LogP contribution in [0.3, 0.4) is 0 Å². The van der Waals surface area contributed by atoms with Crippen molar-refractivity contribution in [2.45, 2.75) is 18.9 Å². The molecular formula is C11H17ClN4. The predicted octanol–water partition coefficient (Wildman–Crippen LogP) is 1.66. The van der Waals surface area contributed by atoms with E-state index < -0.39 is 0 Å². The minimum atomic E-state index is 0.477. The van der Waals surface area contributed by atoms with Crippen molar-refractivity contribution in [2.75, 3.05) is 32.1 Å². The zero-order chi connectivity index (χ0) is 11.5. The molecule has 0 aliphatic carbocycles. The van der Waals surface area contributed by atoms with Crippen molar-refractivity contribution in [3.8, 4) is 0 Å². The van der Waals surface area contributed by atoms with Gasteiger partial charge in [0, 0.05) is 32.0 Å². The molecule has 0 saturated carbocycles. The largest absolute Gasteiger partial charge is 0.356 e. The molecule has 4 nitrogen and oxygen atoms in total. The van der Waals surface area contributed by atoms with Crippen molar-refractivity contribution in [1.29, 1.82) is 0 Å². The standard InChI is InChI=1S/C11H17ClN4/c1-15-7-3-4-9(15)8-16(2)11-10(12)13-5-6-14-11/h5-6,9H,3-4,7-8H2,1-2H3. The molecule has 2 heterocycles. The number of likely N-dealkylation sites (tertiary alicyclic amines) is 1. The molecule has 0 N–H and O–H groups in total. The van der Waals surface area contributed by atoms with Crippen LogP contribution in [0.5, 0.6) is 0 Å². The van der Waals surface area contributed by atoms with Crippen LogP contribution in [0.2, 0.25) is 5.15 Å². The van der Waals surface area contributed by atoms with Gasteiger partial charge in [0.15, 0.2) is 11.0 Å². The highest BCUT2D eigenvalue weighted by atomic mass is 35.5. The van der Waals surface area contributed by atoms with Gasteiger partial charge in [0.1, 0.15) is 0 Å². The third-order valence-electron chi connectivity index (χ3n) is 3.15. The number of halogens is 1. The van der Waals surface area contributed by atoms with Crippen LogP contribution in [0.4, 0.5) is 5.82 Å². The van der Waals surface area contributed by atoms with Gasteiger partial charge in [-0.05, 0) is 26.4 Å². The fourth-order valence-corrected chi connectivity index (χ4v) is 2.43. The number of aromatic nitrogens is 2. The molecule has 0 spiro atoms. The maximum Gasteiger partial charge on any atom is 0.171 e. The lowest BCUT2D eigenvalue weighted by molar-refractivity contribution is 0.314. The van der Waals surface area contributed by atoms with Gasteiger partial charge in [-0.25, -0.2) is 9.97 Å². The van der Waals surface area contributed by atoms with Gasteiger partial charge in [0.25, 0.3) is 0 Å². The zero-order valence-electron chi connectivity index (χ0n) is 9.73. The molecule has 0 bridgehead atoms. The maximum absolute atomic E-state index is 6.01. The molecule has 1 aromatic heterocycles. The molecule has 1 atom stereocenters. The van der Waals surface area contributed by atoms with Gasteiger partial charge in [0.2, 0.25) is 0 Å². The first kappa shape index (κ1) is 11.6. The number of hydrogen-bond donors (Lipinski definition) is 0. The maximum atomic E-state index is 6.01. The molecule has 1 fully saturated rings. The van der Waals surface area contributed by atoms with Crippen molar-refractivity contribution in [3.05, 3.63) is 17.5 Å². The van der Waals surface area contributed by atoms with E-state index in [4.69, 9.17) is 11.6 Å². The number of hydrogen-bond acceptors (Lipinski definition) is 4. The normalized spacial score (nSPS) is 21.3. The second kappa shape index (κ2) is 4.97. The Morgan fingerprint density at radius 2 is 2.25 bits per heavy atom. The van der Waals surface area contributed by atoms with Crippen LogP contribution in [0.25, 0.3) is 0 Å². The summed E-state index contributed by atoms with van der Waals surface area (Å²) >= 11 is 6.01. The smallest absolute Gasteiger partial charge is 0.171 e. The van der Waals surface area contributed by atoms with E-state index in [9.17, 15) is 0 Å². The SMILES string of the molecule is CN(CC1CCCN1C)c1nccnc1Cl. The molecule has 1 aliphatic heterocycles. The zero-order valence-corrected chi connectivity index (χ0v) is 10.5. The summed E-state index contributed by atoms with van der Waals surface area (Å²) in [6.07, 6.45) is 5.82. The van der Waals surface area contributed by atoms with Crippen molar-refractivity contribution < 1.29 is 0 Å². The summed E-state index contributed by atoms with van der Waals surface area (Å²) in [5, 5.41) is 0.477.